The Morgan fingerprint density at radius 2 is 2.08 bits per heavy atom. The maximum absolute atomic E-state index is 5.73. The molecule has 0 amide bonds. The second-order valence-corrected chi connectivity index (χ2v) is 4.75. The first kappa shape index (κ1) is 11.0. The quantitative estimate of drug-likeness (QED) is 0.632. The number of nitrogens with two attached hydrogens (primary N) is 1. The van der Waals surface area contributed by atoms with E-state index < -0.39 is 0 Å². The molecule has 1 aliphatic carbocycles. The summed E-state index contributed by atoms with van der Waals surface area (Å²) in [6.45, 7) is 6.57. The molecule has 0 aliphatic heterocycles. The zero-order valence-electron chi connectivity index (χ0n) is 9.05. The lowest BCUT2D eigenvalue weighted by Gasteiger charge is -2.16. The topological polar surface area (TPSA) is 38.0 Å². The van der Waals surface area contributed by atoms with Gasteiger partial charge in [-0.1, -0.05) is 13.8 Å². The number of hydrogen-bond donors (Lipinski definition) is 2. The van der Waals surface area contributed by atoms with Crippen LogP contribution in [0.2, 0.25) is 0 Å². The smallest absolute Gasteiger partial charge is 0.00682 e. The molecule has 1 saturated carbocycles. The van der Waals surface area contributed by atoms with Gasteiger partial charge in [0.15, 0.2) is 0 Å². The highest BCUT2D eigenvalue weighted by atomic mass is 14.9. The highest BCUT2D eigenvalue weighted by Crippen LogP contribution is 2.19. The van der Waals surface area contributed by atoms with E-state index in [2.05, 4.69) is 19.2 Å². The van der Waals surface area contributed by atoms with Crippen LogP contribution < -0.4 is 11.1 Å². The van der Waals surface area contributed by atoms with Gasteiger partial charge in [-0.2, -0.15) is 0 Å². The molecule has 1 unspecified atom stereocenters. The van der Waals surface area contributed by atoms with Crippen LogP contribution in [0.15, 0.2) is 0 Å². The van der Waals surface area contributed by atoms with Crippen molar-refractivity contribution in [3.8, 4) is 0 Å². The summed E-state index contributed by atoms with van der Waals surface area (Å²) in [5, 5.41) is 3.54. The summed E-state index contributed by atoms with van der Waals surface area (Å²) in [6.07, 6.45) is 5.31. The Balaban J connectivity index is 2.00. The van der Waals surface area contributed by atoms with Crippen molar-refractivity contribution in [3.63, 3.8) is 0 Å². The Labute approximate surface area is 82.3 Å². The second-order valence-electron chi connectivity index (χ2n) is 4.75. The van der Waals surface area contributed by atoms with Crippen molar-refractivity contribution in [3.05, 3.63) is 0 Å². The molecule has 0 saturated heterocycles. The van der Waals surface area contributed by atoms with Crippen LogP contribution in [-0.4, -0.2) is 19.1 Å². The fraction of sp³-hybridized carbons (Fsp3) is 1.00. The fourth-order valence-corrected chi connectivity index (χ4v) is 1.78. The van der Waals surface area contributed by atoms with Crippen molar-refractivity contribution in [1.82, 2.24) is 5.32 Å². The van der Waals surface area contributed by atoms with Crippen molar-refractivity contribution in [2.45, 2.75) is 45.6 Å². The third kappa shape index (κ3) is 5.27. The van der Waals surface area contributed by atoms with Crippen LogP contribution in [-0.2, 0) is 0 Å². The molecule has 0 radical (unpaired) electrons. The zero-order chi connectivity index (χ0) is 9.68. The summed E-state index contributed by atoms with van der Waals surface area (Å²) in [7, 11) is 0. The molecule has 0 heterocycles. The van der Waals surface area contributed by atoms with Crippen molar-refractivity contribution >= 4 is 0 Å². The van der Waals surface area contributed by atoms with Gasteiger partial charge in [0.2, 0.25) is 0 Å². The van der Waals surface area contributed by atoms with Crippen LogP contribution in [0.4, 0.5) is 0 Å². The minimum Gasteiger partial charge on any atom is -0.330 e. The van der Waals surface area contributed by atoms with Crippen LogP contribution in [0.5, 0.6) is 0 Å². The highest BCUT2D eigenvalue weighted by molar-refractivity contribution is 4.81. The van der Waals surface area contributed by atoms with E-state index in [9.17, 15) is 0 Å². The summed E-state index contributed by atoms with van der Waals surface area (Å²) in [5.74, 6) is 1.51. The van der Waals surface area contributed by atoms with Gasteiger partial charge < -0.3 is 11.1 Å². The first-order valence-electron chi connectivity index (χ1n) is 5.65. The van der Waals surface area contributed by atoms with E-state index in [-0.39, 0.29) is 0 Å². The van der Waals surface area contributed by atoms with Crippen molar-refractivity contribution in [2.24, 2.45) is 17.6 Å². The van der Waals surface area contributed by atoms with E-state index >= 15 is 0 Å². The molecule has 1 atom stereocenters. The lowest BCUT2D eigenvalue weighted by molar-refractivity contribution is 0.385. The second kappa shape index (κ2) is 5.61. The van der Waals surface area contributed by atoms with E-state index in [0.717, 1.165) is 24.4 Å². The van der Waals surface area contributed by atoms with Gasteiger partial charge in [-0.3, -0.25) is 0 Å². The minimum atomic E-state index is 0.728. The molecule has 0 aromatic carbocycles. The van der Waals surface area contributed by atoms with Gasteiger partial charge in [-0.25, -0.2) is 0 Å². The molecule has 2 nitrogen and oxygen atoms in total. The minimum absolute atomic E-state index is 0.728. The Bertz CT molecular complexity index is 130. The average Bonchev–Trinajstić information content (AvgIpc) is 2.85. The van der Waals surface area contributed by atoms with Crippen LogP contribution in [0.3, 0.4) is 0 Å². The van der Waals surface area contributed by atoms with E-state index in [0.29, 0.717) is 0 Å². The Hall–Kier alpha value is -0.0800. The molecule has 1 fully saturated rings. The summed E-state index contributed by atoms with van der Waals surface area (Å²) in [5.41, 5.74) is 5.73. The van der Waals surface area contributed by atoms with Gasteiger partial charge in [0, 0.05) is 6.04 Å². The Morgan fingerprint density at radius 3 is 2.54 bits per heavy atom. The van der Waals surface area contributed by atoms with Gasteiger partial charge in [-0.15, -0.1) is 0 Å². The maximum Gasteiger partial charge on any atom is 0.00682 e. The molecule has 1 aliphatic rings. The van der Waals surface area contributed by atoms with E-state index in [4.69, 9.17) is 5.73 Å². The lowest BCUT2D eigenvalue weighted by Crippen LogP contribution is -2.24. The molecule has 1 rings (SSSR count). The van der Waals surface area contributed by atoms with Gasteiger partial charge in [0.05, 0.1) is 0 Å². The summed E-state index contributed by atoms with van der Waals surface area (Å²) in [6, 6.07) is 0.845. The Kier molecular flexibility index (Phi) is 4.74. The van der Waals surface area contributed by atoms with Crippen molar-refractivity contribution in [2.75, 3.05) is 13.1 Å². The Morgan fingerprint density at radius 1 is 1.38 bits per heavy atom. The first-order chi connectivity index (χ1) is 6.22. The number of rotatable bonds is 7. The standard InChI is InChI=1S/C11H24N2/c1-9(2)7-10(8-12)5-6-13-11-3-4-11/h9-11,13H,3-8,12H2,1-2H3. The predicted octanol–water partition coefficient (Wildman–Crippen LogP) is 1.75. The molecule has 13 heavy (non-hydrogen) atoms. The molecule has 78 valence electrons. The largest absolute Gasteiger partial charge is 0.330 e. The van der Waals surface area contributed by atoms with Crippen LogP contribution in [0.25, 0.3) is 0 Å². The monoisotopic (exact) mass is 184 g/mol. The van der Waals surface area contributed by atoms with Crippen molar-refractivity contribution in [1.29, 1.82) is 0 Å². The van der Waals surface area contributed by atoms with Gasteiger partial charge in [-0.05, 0) is 50.6 Å². The third-order valence-electron chi connectivity index (χ3n) is 2.70. The van der Waals surface area contributed by atoms with E-state index in [1.165, 1.54) is 32.2 Å². The first-order valence-corrected chi connectivity index (χ1v) is 5.65. The molecule has 0 bridgehead atoms. The van der Waals surface area contributed by atoms with Crippen LogP contribution in [0.1, 0.15) is 39.5 Å². The number of nitrogens with one attached hydrogen (secondary N) is 1. The molecular formula is C11H24N2. The summed E-state index contributed by atoms with van der Waals surface area (Å²) < 4.78 is 0. The van der Waals surface area contributed by atoms with Gasteiger partial charge in [0.1, 0.15) is 0 Å². The normalized spacial score (nSPS) is 19.4. The van der Waals surface area contributed by atoms with Gasteiger partial charge >= 0.3 is 0 Å². The van der Waals surface area contributed by atoms with E-state index in [1.807, 2.05) is 0 Å². The van der Waals surface area contributed by atoms with Crippen LogP contribution >= 0.6 is 0 Å². The maximum atomic E-state index is 5.73. The fourth-order valence-electron chi connectivity index (χ4n) is 1.78. The summed E-state index contributed by atoms with van der Waals surface area (Å²) in [4.78, 5) is 0. The zero-order valence-corrected chi connectivity index (χ0v) is 9.05. The molecule has 0 spiro atoms. The predicted molar refractivity (Wildman–Crippen MR) is 57.6 cm³/mol. The molecule has 2 heteroatoms. The van der Waals surface area contributed by atoms with Crippen molar-refractivity contribution < 1.29 is 0 Å². The highest BCUT2D eigenvalue weighted by Gasteiger charge is 2.20. The molecule has 3 N–H and O–H groups in total. The SMILES string of the molecule is CC(C)CC(CN)CCNC1CC1. The van der Waals surface area contributed by atoms with Crippen LogP contribution in [0, 0.1) is 11.8 Å². The average molecular weight is 184 g/mol. The molecule has 0 aromatic heterocycles. The molecular weight excluding hydrogens is 160 g/mol. The summed E-state index contributed by atoms with van der Waals surface area (Å²) >= 11 is 0. The lowest BCUT2D eigenvalue weighted by atomic mass is 9.94. The third-order valence-corrected chi connectivity index (χ3v) is 2.70. The van der Waals surface area contributed by atoms with Gasteiger partial charge in [0.25, 0.3) is 0 Å². The van der Waals surface area contributed by atoms with E-state index in [1.54, 1.807) is 0 Å². The molecule has 0 aromatic rings. The number of hydrogen-bond acceptors (Lipinski definition) is 2.